The van der Waals surface area contributed by atoms with Gasteiger partial charge in [0, 0.05) is 50.6 Å². The molecule has 0 unspecified atom stereocenters. The number of hydrogen-bond acceptors (Lipinski definition) is 5. The number of H-pyrrole nitrogens is 1. The highest BCUT2D eigenvalue weighted by molar-refractivity contribution is 5.80. The van der Waals surface area contributed by atoms with E-state index in [1.165, 1.54) is 0 Å². The Morgan fingerprint density at radius 2 is 1.70 bits per heavy atom. The third-order valence-corrected chi connectivity index (χ3v) is 6.33. The minimum absolute atomic E-state index is 0.257. The van der Waals surface area contributed by atoms with E-state index in [9.17, 15) is 4.79 Å². The van der Waals surface area contributed by atoms with Gasteiger partial charge in [-0.25, -0.2) is 0 Å². The van der Waals surface area contributed by atoms with Gasteiger partial charge >= 0.3 is 0 Å². The summed E-state index contributed by atoms with van der Waals surface area (Å²) < 4.78 is 6.13. The van der Waals surface area contributed by atoms with Crippen LogP contribution < -0.4 is 15.0 Å². The fourth-order valence-electron chi connectivity index (χ4n) is 3.98. The number of nitrogens with zero attached hydrogens (tertiary/aromatic N) is 3. The fraction of sp³-hybridized carbons (Fsp3) is 0.462. The van der Waals surface area contributed by atoms with Crippen molar-refractivity contribution in [3.05, 3.63) is 54.9 Å². The standard InChI is InChI=1S/C26H35N5O2/c1-30(17-18-31(2)26(32)21-3-4-21)23-8-5-22(19-29-28-16-11-23)20-6-9-24(10-7-20)33-25-12-14-27-15-13-25/h5-11,16,19,21,25,27-28H,3-4,12-15,17-18H2,1-2H3. The van der Waals surface area contributed by atoms with Crippen molar-refractivity contribution >= 4 is 11.6 Å². The number of rotatable bonds is 8. The molecule has 7 nitrogen and oxygen atoms in total. The number of piperidine rings is 1. The molecule has 2 aliphatic rings. The number of carbonyl (C=O) groups is 1. The van der Waals surface area contributed by atoms with Gasteiger partial charge < -0.3 is 19.9 Å². The predicted octanol–water partition coefficient (Wildman–Crippen LogP) is 3.64. The van der Waals surface area contributed by atoms with Crippen LogP contribution in [0.15, 0.2) is 54.9 Å². The Morgan fingerprint density at radius 1 is 0.970 bits per heavy atom. The maximum absolute atomic E-state index is 12.2. The second kappa shape index (κ2) is 11.2. The molecule has 1 amide bonds. The van der Waals surface area contributed by atoms with E-state index >= 15 is 0 Å². The maximum atomic E-state index is 12.2. The summed E-state index contributed by atoms with van der Waals surface area (Å²) in [6.45, 7) is 3.50. The fourth-order valence-corrected chi connectivity index (χ4v) is 3.98. The molecule has 2 heterocycles. The number of aromatic nitrogens is 2. The molecular formula is C26H35N5O2. The SMILES string of the molecule is CN(CCN(C)c1cc[nH]ncc(-c2ccc(OC3CCNCC3)cc2)cc1)C(=O)C1CC1. The average Bonchev–Trinajstić information content (AvgIpc) is 3.67. The largest absolute Gasteiger partial charge is 0.490 e. The molecule has 176 valence electrons. The van der Waals surface area contributed by atoms with Crippen molar-refractivity contribution < 1.29 is 9.53 Å². The van der Waals surface area contributed by atoms with Gasteiger partial charge in [-0.05, 0) is 68.6 Å². The lowest BCUT2D eigenvalue weighted by molar-refractivity contribution is -0.131. The van der Waals surface area contributed by atoms with Crippen molar-refractivity contribution in [2.45, 2.75) is 31.8 Å². The van der Waals surface area contributed by atoms with E-state index < -0.39 is 0 Å². The molecule has 2 N–H and O–H groups in total. The van der Waals surface area contributed by atoms with Gasteiger partial charge in [0.25, 0.3) is 0 Å². The molecule has 1 saturated carbocycles. The topological polar surface area (TPSA) is 73.5 Å². The molecule has 0 atom stereocenters. The minimum atomic E-state index is 0.257. The molecule has 0 radical (unpaired) electrons. The van der Waals surface area contributed by atoms with Gasteiger partial charge in [0.1, 0.15) is 11.9 Å². The van der Waals surface area contributed by atoms with E-state index in [1.54, 1.807) is 0 Å². The summed E-state index contributed by atoms with van der Waals surface area (Å²) in [7, 11) is 3.94. The zero-order valence-electron chi connectivity index (χ0n) is 19.7. The van der Waals surface area contributed by atoms with Gasteiger partial charge in [-0.2, -0.15) is 5.10 Å². The summed E-state index contributed by atoms with van der Waals surface area (Å²) in [4.78, 5) is 16.2. The third kappa shape index (κ3) is 6.71. The lowest BCUT2D eigenvalue weighted by atomic mass is 10.1. The maximum Gasteiger partial charge on any atom is 0.225 e. The van der Waals surface area contributed by atoms with Crippen LogP contribution in [0.25, 0.3) is 11.1 Å². The molecule has 1 aromatic carbocycles. The van der Waals surface area contributed by atoms with E-state index in [-0.39, 0.29) is 17.9 Å². The summed E-state index contributed by atoms with van der Waals surface area (Å²) in [6, 6.07) is 14.4. The van der Waals surface area contributed by atoms with Crippen LogP contribution in [0.5, 0.6) is 5.75 Å². The van der Waals surface area contributed by atoms with Crippen LogP contribution in [-0.2, 0) is 4.79 Å². The number of amides is 1. The Balaban J connectivity index is 1.43. The number of carbonyl (C=O) groups excluding carboxylic acids is 1. The molecular weight excluding hydrogens is 414 g/mol. The lowest BCUT2D eigenvalue weighted by Crippen LogP contribution is -2.35. The molecule has 7 heteroatoms. The summed E-state index contributed by atoms with van der Waals surface area (Å²) in [5.74, 6) is 1.44. The summed E-state index contributed by atoms with van der Waals surface area (Å²) in [5.41, 5.74) is 3.13. The zero-order chi connectivity index (χ0) is 23.0. The molecule has 2 fully saturated rings. The van der Waals surface area contributed by atoms with Crippen molar-refractivity contribution in [1.29, 1.82) is 0 Å². The van der Waals surface area contributed by atoms with Crippen molar-refractivity contribution in [2.24, 2.45) is 5.92 Å². The van der Waals surface area contributed by atoms with Crippen molar-refractivity contribution in [1.82, 2.24) is 20.4 Å². The number of anilines is 1. The number of benzene rings is 1. The zero-order valence-corrected chi connectivity index (χ0v) is 19.7. The Bertz CT molecular complexity index is 963. The van der Waals surface area contributed by atoms with Crippen molar-refractivity contribution in [3.8, 4) is 16.9 Å². The van der Waals surface area contributed by atoms with E-state index in [2.05, 4.69) is 44.7 Å². The Labute approximate surface area is 196 Å². The molecule has 4 rings (SSSR count). The first-order valence-corrected chi connectivity index (χ1v) is 11.9. The second-order valence-electron chi connectivity index (χ2n) is 8.98. The molecule has 0 spiro atoms. The second-order valence-corrected chi connectivity index (χ2v) is 8.98. The third-order valence-electron chi connectivity index (χ3n) is 6.33. The molecule has 1 aliphatic carbocycles. The van der Waals surface area contributed by atoms with Crippen LogP contribution in [0, 0.1) is 5.92 Å². The highest BCUT2D eigenvalue weighted by Crippen LogP contribution is 2.30. The molecule has 1 saturated heterocycles. The highest BCUT2D eigenvalue weighted by atomic mass is 16.5. The minimum Gasteiger partial charge on any atom is -0.490 e. The first kappa shape index (κ1) is 23.1. The summed E-state index contributed by atoms with van der Waals surface area (Å²) >= 11 is 0. The van der Waals surface area contributed by atoms with Gasteiger partial charge in [0.05, 0.1) is 6.20 Å². The van der Waals surface area contributed by atoms with E-state index in [0.29, 0.717) is 6.54 Å². The van der Waals surface area contributed by atoms with Crippen LogP contribution in [-0.4, -0.2) is 67.4 Å². The lowest BCUT2D eigenvalue weighted by Gasteiger charge is -2.23. The number of aromatic amines is 1. The van der Waals surface area contributed by atoms with Crippen molar-refractivity contribution in [2.75, 3.05) is 45.2 Å². The van der Waals surface area contributed by atoms with Gasteiger partial charge in [-0.3, -0.25) is 9.89 Å². The van der Waals surface area contributed by atoms with Crippen LogP contribution >= 0.6 is 0 Å². The Kier molecular flexibility index (Phi) is 7.83. The smallest absolute Gasteiger partial charge is 0.225 e. The monoisotopic (exact) mass is 449 g/mol. The van der Waals surface area contributed by atoms with Gasteiger partial charge in [0.15, 0.2) is 0 Å². The Hall–Kier alpha value is -3.06. The molecule has 33 heavy (non-hydrogen) atoms. The summed E-state index contributed by atoms with van der Waals surface area (Å²) in [6.07, 6.45) is 8.11. The van der Waals surface area contributed by atoms with Crippen LogP contribution in [0.1, 0.15) is 25.7 Å². The molecule has 1 aromatic heterocycles. The quantitative estimate of drug-likeness (QED) is 0.644. The van der Waals surface area contributed by atoms with Crippen LogP contribution in [0.4, 0.5) is 5.69 Å². The number of nitrogens with one attached hydrogen (secondary N) is 2. The first-order chi connectivity index (χ1) is 16.1. The van der Waals surface area contributed by atoms with Crippen LogP contribution in [0.2, 0.25) is 0 Å². The van der Waals surface area contributed by atoms with E-state index in [4.69, 9.17) is 4.74 Å². The van der Waals surface area contributed by atoms with Gasteiger partial charge in [-0.1, -0.05) is 18.2 Å². The molecule has 2 aromatic rings. The normalized spacial score (nSPS) is 16.1. The summed E-state index contributed by atoms with van der Waals surface area (Å²) in [5, 5.41) is 10.6. The number of hydrogen-bond donors (Lipinski definition) is 2. The number of likely N-dealkylation sites (N-methyl/N-ethyl adjacent to an activating group) is 2. The average molecular weight is 450 g/mol. The van der Waals surface area contributed by atoms with Gasteiger partial charge in [-0.15, -0.1) is 0 Å². The van der Waals surface area contributed by atoms with Gasteiger partial charge in [0.2, 0.25) is 5.91 Å². The first-order valence-electron chi connectivity index (χ1n) is 11.9. The molecule has 0 bridgehead atoms. The predicted molar refractivity (Wildman–Crippen MR) is 132 cm³/mol. The van der Waals surface area contributed by atoms with Crippen LogP contribution in [0.3, 0.4) is 0 Å². The van der Waals surface area contributed by atoms with E-state index in [0.717, 1.165) is 67.9 Å². The highest BCUT2D eigenvalue weighted by Gasteiger charge is 2.31. The molecule has 1 aliphatic heterocycles. The number of ether oxygens (including phenoxy) is 1. The Morgan fingerprint density at radius 3 is 2.42 bits per heavy atom. The van der Waals surface area contributed by atoms with Crippen molar-refractivity contribution in [3.63, 3.8) is 0 Å². The van der Waals surface area contributed by atoms with E-state index in [1.807, 2.05) is 49.6 Å².